The summed E-state index contributed by atoms with van der Waals surface area (Å²) in [6.45, 7) is 6.11. The summed E-state index contributed by atoms with van der Waals surface area (Å²) in [7, 11) is 0. The van der Waals surface area contributed by atoms with Gasteiger partial charge in [0.1, 0.15) is 0 Å². The Labute approximate surface area is 130 Å². The molecule has 0 atom stereocenters. The highest BCUT2D eigenvalue weighted by Crippen LogP contribution is 2.21. The number of halogens is 1. The quantitative estimate of drug-likeness (QED) is 0.773. The first-order valence-electron chi connectivity index (χ1n) is 7.14. The fraction of sp³-hybridized carbons (Fsp3) is 0.438. The average Bonchev–Trinajstić information content (AvgIpc) is 2.92. The number of benzene rings is 1. The standard InChI is InChI=1S/C16H22ClN3O/c1-16(2,13-4-6-14(17)7-5-13)19-8-3-9-20-10-15(11-21)18-12-20/h4-7,10,12,19,21H,3,8-9,11H2,1-2H3. The van der Waals surface area contributed by atoms with Crippen molar-refractivity contribution in [2.24, 2.45) is 0 Å². The molecule has 114 valence electrons. The summed E-state index contributed by atoms with van der Waals surface area (Å²) in [6.07, 6.45) is 4.64. The SMILES string of the molecule is CC(C)(NCCCn1cnc(CO)c1)c1ccc(Cl)cc1. The Kier molecular flexibility index (Phi) is 5.39. The van der Waals surface area contributed by atoms with E-state index in [4.69, 9.17) is 16.7 Å². The molecule has 0 saturated heterocycles. The minimum atomic E-state index is -0.0875. The van der Waals surface area contributed by atoms with E-state index >= 15 is 0 Å². The van der Waals surface area contributed by atoms with Crippen LogP contribution in [0.25, 0.3) is 0 Å². The molecule has 0 aliphatic carbocycles. The fourth-order valence-electron chi connectivity index (χ4n) is 2.24. The second kappa shape index (κ2) is 7.07. The Hall–Kier alpha value is -1.36. The predicted octanol–water partition coefficient (Wildman–Crippen LogP) is 2.94. The van der Waals surface area contributed by atoms with Crippen LogP contribution in [0.5, 0.6) is 0 Å². The van der Waals surface area contributed by atoms with E-state index in [2.05, 4.69) is 36.3 Å². The summed E-state index contributed by atoms with van der Waals surface area (Å²) in [4.78, 5) is 4.10. The van der Waals surface area contributed by atoms with Crippen molar-refractivity contribution < 1.29 is 5.11 Å². The number of aliphatic hydroxyl groups excluding tert-OH is 1. The van der Waals surface area contributed by atoms with Crippen LogP contribution in [-0.4, -0.2) is 21.2 Å². The van der Waals surface area contributed by atoms with E-state index in [1.54, 1.807) is 6.33 Å². The molecule has 0 aliphatic rings. The predicted molar refractivity (Wildman–Crippen MR) is 85.2 cm³/mol. The van der Waals surface area contributed by atoms with E-state index < -0.39 is 0 Å². The van der Waals surface area contributed by atoms with E-state index in [1.807, 2.05) is 22.9 Å². The van der Waals surface area contributed by atoms with Crippen LogP contribution in [0.1, 0.15) is 31.5 Å². The molecule has 0 unspecified atom stereocenters. The maximum atomic E-state index is 8.98. The summed E-state index contributed by atoms with van der Waals surface area (Å²) in [6, 6.07) is 7.95. The normalized spacial score (nSPS) is 11.8. The van der Waals surface area contributed by atoms with Gasteiger partial charge in [0.15, 0.2) is 0 Å². The number of hydrogen-bond acceptors (Lipinski definition) is 3. The third kappa shape index (κ3) is 4.56. The number of rotatable bonds is 7. The van der Waals surface area contributed by atoms with Crippen LogP contribution in [0.4, 0.5) is 0 Å². The highest BCUT2D eigenvalue weighted by molar-refractivity contribution is 6.30. The van der Waals surface area contributed by atoms with Crippen LogP contribution in [-0.2, 0) is 18.7 Å². The topological polar surface area (TPSA) is 50.1 Å². The average molecular weight is 308 g/mol. The lowest BCUT2D eigenvalue weighted by Gasteiger charge is -2.27. The zero-order chi connectivity index (χ0) is 15.3. The van der Waals surface area contributed by atoms with Gasteiger partial charge in [0.2, 0.25) is 0 Å². The number of nitrogens with zero attached hydrogens (tertiary/aromatic N) is 2. The molecule has 0 amide bonds. The number of aromatic nitrogens is 2. The third-order valence-corrected chi connectivity index (χ3v) is 3.83. The molecule has 0 aliphatic heterocycles. The smallest absolute Gasteiger partial charge is 0.0950 e. The molecular formula is C16H22ClN3O. The lowest BCUT2D eigenvalue weighted by Crippen LogP contribution is -2.37. The molecule has 0 radical (unpaired) electrons. The number of imidazole rings is 1. The Morgan fingerprint density at radius 2 is 2.00 bits per heavy atom. The molecule has 0 bridgehead atoms. The van der Waals surface area contributed by atoms with Crippen molar-refractivity contribution in [2.45, 2.75) is 39.0 Å². The summed E-state index contributed by atoms with van der Waals surface area (Å²) in [5.74, 6) is 0. The number of nitrogens with one attached hydrogen (secondary N) is 1. The maximum absolute atomic E-state index is 8.98. The van der Waals surface area contributed by atoms with Crippen molar-refractivity contribution in [3.63, 3.8) is 0 Å². The molecule has 2 aromatic rings. The van der Waals surface area contributed by atoms with Crippen molar-refractivity contribution in [3.05, 3.63) is 53.1 Å². The largest absolute Gasteiger partial charge is 0.390 e. The Morgan fingerprint density at radius 3 is 2.62 bits per heavy atom. The molecule has 21 heavy (non-hydrogen) atoms. The first-order valence-corrected chi connectivity index (χ1v) is 7.51. The summed E-state index contributed by atoms with van der Waals surface area (Å²) >= 11 is 5.92. The summed E-state index contributed by atoms with van der Waals surface area (Å²) in [5, 5.41) is 13.3. The van der Waals surface area contributed by atoms with Gasteiger partial charge < -0.3 is 15.0 Å². The Morgan fingerprint density at radius 1 is 1.29 bits per heavy atom. The molecule has 2 rings (SSSR count). The van der Waals surface area contributed by atoms with Crippen LogP contribution >= 0.6 is 11.6 Å². The van der Waals surface area contributed by atoms with Gasteiger partial charge in [-0.15, -0.1) is 0 Å². The van der Waals surface area contributed by atoms with E-state index in [9.17, 15) is 0 Å². The molecule has 0 saturated carbocycles. The van der Waals surface area contributed by atoms with Gasteiger partial charge in [0.25, 0.3) is 0 Å². The Bertz CT molecular complexity index is 563. The maximum Gasteiger partial charge on any atom is 0.0950 e. The van der Waals surface area contributed by atoms with Gasteiger partial charge in [-0.05, 0) is 44.5 Å². The van der Waals surface area contributed by atoms with Gasteiger partial charge in [-0.1, -0.05) is 23.7 Å². The van der Waals surface area contributed by atoms with Crippen LogP contribution in [0.2, 0.25) is 5.02 Å². The van der Waals surface area contributed by atoms with Crippen molar-refractivity contribution >= 4 is 11.6 Å². The van der Waals surface area contributed by atoms with E-state index in [-0.39, 0.29) is 12.1 Å². The van der Waals surface area contributed by atoms with Gasteiger partial charge in [-0.2, -0.15) is 0 Å². The molecule has 1 heterocycles. The zero-order valence-electron chi connectivity index (χ0n) is 12.5. The lowest BCUT2D eigenvalue weighted by molar-refractivity contribution is 0.277. The van der Waals surface area contributed by atoms with Crippen molar-refractivity contribution in [3.8, 4) is 0 Å². The molecule has 5 heteroatoms. The molecule has 1 aromatic carbocycles. The van der Waals surface area contributed by atoms with Gasteiger partial charge in [0, 0.05) is 23.3 Å². The van der Waals surface area contributed by atoms with Crippen molar-refractivity contribution in [1.82, 2.24) is 14.9 Å². The molecule has 2 N–H and O–H groups in total. The fourth-order valence-corrected chi connectivity index (χ4v) is 2.37. The molecule has 0 fully saturated rings. The van der Waals surface area contributed by atoms with Gasteiger partial charge in [-0.3, -0.25) is 0 Å². The van der Waals surface area contributed by atoms with Crippen molar-refractivity contribution in [1.29, 1.82) is 0 Å². The van der Waals surface area contributed by atoms with E-state index in [0.717, 1.165) is 24.5 Å². The second-order valence-electron chi connectivity index (χ2n) is 5.67. The highest BCUT2D eigenvalue weighted by atomic mass is 35.5. The zero-order valence-corrected chi connectivity index (χ0v) is 13.3. The molecule has 1 aromatic heterocycles. The van der Waals surface area contributed by atoms with Crippen LogP contribution < -0.4 is 5.32 Å². The first kappa shape index (κ1) is 16.0. The van der Waals surface area contributed by atoms with Crippen molar-refractivity contribution in [2.75, 3.05) is 6.54 Å². The highest BCUT2D eigenvalue weighted by Gasteiger charge is 2.18. The molecule has 0 spiro atoms. The number of aliphatic hydroxyl groups is 1. The number of hydrogen-bond donors (Lipinski definition) is 2. The minimum Gasteiger partial charge on any atom is -0.390 e. The van der Waals surface area contributed by atoms with E-state index in [0.29, 0.717) is 5.69 Å². The van der Waals surface area contributed by atoms with Crippen LogP contribution in [0, 0.1) is 0 Å². The summed E-state index contributed by atoms with van der Waals surface area (Å²) in [5.41, 5.74) is 1.84. The minimum absolute atomic E-state index is 0.00511. The van der Waals surface area contributed by atoms with Gasteiger partial charge in [-0.25, -0.2) is 4.98 Å². The third-order valence-electron chi connectivity index (χ3n) is 3.57. The molecule has 4 nitrogen and oxygen atoms in total. The second-order valence-corrected chi connectivity index (χ2v) is 6.11. The van der Waals surface area contributed by atoms with Crippen LogP contribution in [0.15, 0.2) is 36.8 Å². The van der Waals surface area contributed by atoms with Gasteiger partial charge >= 0.3 is 0 Å². The number of aryl methyl sites for hydroxylation is 1. The lowest BCUT2D eigenvalue weighted by atomic mass is 9.94. The monoisotopic (exact) mass is 307 g/mol. The summed E-state index contributed by atoms with van der Waals surface area (Å²) < 4.78 is 2.00. The molecular weight excluding hydrogens is 286 g/mol. The van der Waals surface area contributed by atoms with Gasteiger partial charge in [0.05, 0.1) is 18.6 Å². The first-order chi connectivity index (χ1) is 10.0. The Balaban J connectivity index is 1.80. The van der Waals surface area contributed by atoms with Crippen LogP contribution in [0.3, 0.4) is 0 Å². The van der Waals surface area contributed by atoms with E-state index in [1.165, 1.54) is 5.56 Å².